The third-order valence-electron chi connectivity index (χ3n) is 3.67. The van der Waals surface area contributed by atoms with Crippen LogP contribution in [0.1, 0.15) is 5.56 Å². The molecule has 0 bridgehead atoms. The number of aromatic nitrogens is 3. The summed E-state index contributed by atoms with van der Waals surface area (Å²) in [4.78, 5) is 3.22. The highest BCUT2D eigenvalue weighted by atomic mass is 32.2. The van der Waals surface area contributed by atoms with Crippen LogP contribution in [0.25, 0.3) is 10.9 Å². The minimum Gasteiger partial charge on any atom is -0.395 e. The molecule has 0 saturated heterocycles. The van der Waals surface area contributed by atoms with Crippen molar-refractivity contribution >= 4 is 20.9 Å². The van der Waals surface area contributed by atoms with Crippen LogP contribution in [0.3, 0.4) is 0 Å². The summed E-state index contributed by atoms with van der Waals surface area (Å²) < 4.78 is 28.6. The topological polar surface area (TPSA) is 100 Å². The molecule has 0 amide bonds. The first kappa shape index (κ1) is 15.7. The van der Waals surface area contributed by atoms with E-state index in [9.17, 15) is 13.5 Å². The quantitative estimate of drug-likeness (QED) is 0.620. The molecule has 23 heavy (non-hydrogen) atoms. The van der Waals surface area contributed by atoms with E-state index in [1.165, 1.54) is 17.1 Å². The molecule has 3 N–H and O–H groups in total. The highest BCUT2D eigenvalue weighted by molar-refractivity contribution is 7.89. The summed E-state index contributed by atoms with van der Waals surface area (Å²) in [5.41, 5.74) is 1.93. The first-order valence-electron chi connectivity index (χ1n) is 7.16. The van der Waals surface area contributed by atoms with Crippen molar-refractivity contribution in [3.05, 3.63) is 48.4 Å². The lowest BCUT2D eigenvalue weighted by molar-refractivity contribution is 0.256. The van der Waals surface area contributed by atoms with Gasteiger partial charge < -0.3 is 10.1 Å². The number of H-pyrrole nitrogens is 1. The number of rotatable bonds is 6. The van der Waals surface area contributed by atoms with Gasteiger partial charge in [0.2, 0.25) is 10.0 Å². The molecule has 1 atom stereocenters. The fourth-order valence-corrected chi connectivity index (χ4v) is 3.74. The van der Waals surface area contributed by atoms with Gasteiger partial charge in [0, 0.05) is 36.4 Å². The van der Waals surface area contributed by atoms with Gasteiger partial charge in [0.05, 0.1) is 12.8 Å². The van der Waals surface area contributed by atoms with Crippen LogP contribution < -0.4 is 4.72 Å². The number of para-hydroxylation sites is 1. The summed E-state index contributed by atoms with van der Waals surface area (Å²) in [6, 6.07) is 7.15. The molecule has 2 heterocycles. The van der Waals surface area contributed by atoms with Gasteiger partial charge in [0.15, 0.2) is 0 Å². The number of benzene rings is 1. The Morgan fingerprint density at radius 1 is 1.39 bits per heavy atom. The molecular formula is C15H18N4O3S. The van der Waals surface area contributed by atoms with Crippen LogP contribution in [-0.4, -0.2) is 40.9 Å². The Balaban J connectivity index is 1.80. The zero-order valence-electron chi connectivity index (χ0n) is 12.6. The van der Waals surface area contributed by atoms with Gasteiger partial charge in [-0.15, -0.1) is 0 Å². The van der Waals surface area contributed by atoms with Crippen molar-refractivity contribution in [2.75, 3.05) is 6.61 Å². The standard InChI is InChI=1S/C15H18N4O3S/c1-19-9-13(8-17-19)23(21,22)18-12(10-20)6-11-7-16-15-5-3-2-4-14(11)15/h2-5,7-9,12,16,18,20H,6,10H2,1H3/t12-/m0/s1. The van der Waals surface area contributed by atoms with E-state index in [0.29, 0.717) is 6.42 Å². The second kappa shape index (κ2) is 6.15. The first-order chi connectivity index (χ1) is 11.0. The summed E-state index contributed by atoms with van der Waals surface area (Å²) in [6.07, 6.45) is 4.93. The largest absolute Gasteiger partial charge is 0.395 e. The maximum Gasteiger partial charge on any atom is 0.244 e. The molecule has 1 aromatic carbocycles. The Morgan fingerprint density at radius 3 is 2.87 bits per heavy atom. The predicted octanol–water partition coefficient (Wildman–Crippen LogP) is 0.783. The van der Waals surface area contributed by atoms with Crippen LogP contribution >= 0.6 is 0 Å². The molecule has 0 aliphatic rings. The van der Waals surface area contributed by atoms with Crippen LogP contribution in [0.2, 0.25) is 0 Å². The molecule has 0 radical (unpaired) electrons. The van der Waals surface area contributed by atoms with Crippen molar-refractivity contribution in [3.63, 3.8) is 0 Å². The average molecular weight is 334 g/mol. The first-order valence-corrected chi connectivity index (χ1v) is 8.65. The molecule has 122 valence electrons. The number of sulfonamides is 1. The molecule has 2 aromatic heterocycles. The third-order valence-corrected chi connectivity index (χ3v) is 5.15. The van der Waals surface area contributed by atoms with E-state index in [-0.39, 0.29) is 11.5 Å². The van der Waals surface area contributed by atoms with E-state index in [4.69, 9.17) is 0 Å². The van der Waals surface area contributed by atoms with Gasteiger partial charge in [-0.05, 0) is 18.1 Å². The number of aliphatic hydroxyl groups is 1. The van der Waals surface area contributed by atoms with E-state index in [0.717, 1.165) is 16.5 Å². The maximum atomic E-state index is 12.3. The van der Waals surface area contributed by atoms with Crippen LogP contribution in [0, 0.1) is 0 Å². The lowest BCUT2D eigenvalue weighted by atomic mass is 10.1. The molecule has 0 saturated carbocycles. The average Bonchev–Trinajstić information content (AvgIpc) is 3.14. The Labute approximate surface area is 134 Å². The zero-order chi connectivity index (χ0) is 16.4. The van der Waals surface area contributed by atoms with E-state index >= 15 is 0 Å². The van der Waals surface area contributed by atoms with Gasteiger partial charge in [-0.2, -0.15) is 5.10 Å². The summed E-state index contributed by atoms with van der Waals surface area (Å²) in [5, 5.41) is 14.4. The Bertz CT molecular complexity index is 914. The van der Waals surface area contributed by atoms with Crippen molar-refractivity contribution in [2.24, 2.45) is 7.05 Å². The number of aromatic amines is 1. The number of nitrogens with zero attached hydrogens (tertiary/aromatic N) is 2. The van der Waals surface area contributed by atoms with E-state index in [2.05, 4.69) is 14.8 Å². The van der Waals surface area contributed by atoms with Crippen molar-refractivity contribution < 1.29 is 13.5 Å². The second-order valence-electron chi connectivity index (χ2n) is 5.41. The van der Waals surface area contributed by atoms with Crippen LogP contribution in [0.5, 0.6) is 0 Å². The molecule has 0 aliphatic heterocycles. The van der Waals surface area contributed by atoms with Gasteiger partial charge in [0.25, 0.3) is 0 Å². The summed E-state index contributed by atoms with van der Waals surface area (Å²) >= 11 is 0. The van der Waals surface area contributed by atoms with Gasteiger partial charge in [0.1, 0.15) is 4.90 Å². The number of aryl methyl sites for hydroxylation is 1. The minimum absolute atomic E-state index is 0.0809. The molecule has 3 aromatic rings. The number of hydrogen-bond donors (Lipinski definition) is 3. The zero-order valence-corrected chi connectivity index (χ0v) is 13.4. The Kier molecular flexibility index (Phi) is 4.20. The smallest absolute Gasteiger partial charge is 0.244 e. The van der Waals surface area contributed by atoms with Gasteiger partial charge in [-0.3, -0.25) is 4.68 Å². The second-order valence-corrected chi connectivity index (χ2v) is 7.13. The van der Waals surface area contributed by atoms with E-state index in [1.54, 1.807) is 7.05 Å². The van der Waals surface area contributed by atoms with Crippen LogP contribution in [0.15, 0.2) is 47.8 Å². The van der Waals surface area contributed by atoms with E-state index in [1.807, 2.05) is 30.5 Å². The fourth-order valence-electron chi connectivity index (χ4n) is 2.53. The predicted molar refractivity (Wildman–Crippen MR) is 86.4 cm³/mol. The number of hydrogen-bond acceptors (Lipinski definition) is 4. The Morgan fingerprint density at radius 2 is 2.17 bits per heavy atom. The van der Waals surface area contributed by atoms with Gasteiger partial charge in [-0.1, -0.05) is 18.2 Å². The minimum atomic E-state index is -3.71. The molecule has 0 fully saturated rings. The molecule has 0 aliphatic carbocycles. The van der Waals surface area contributed by atoms with Gasteiger partial charge >= 0.3 is 0 Å². The molecule has 3 rings (SSSR count). The summed E-state index contributed by atoms with van der Waals surface area (Å²) in [5.74, 6) is 0. The van der Waals surface area contributed by atoms with Crippen molar-refractivity contribution in [1.82, 2.24) is 19.5 Å². The van der Waals surface area contributed by atoms with Crippen LogP contribution in [0.4, 0.5) is 0 Å². The number of fused-ring (bicyclic) bond motifs is 1. The molecule has 0 unspecified atom stereocenters. The van der Waals surface area contributed by atoms with Crippen LogP contribution in [-0.2, 0) is 23.5 Å². The molecular weight excluding hydrogens is 316 g/mol. The van der Waals surface area contributed by atoms with E-state index < -0.39 is 16.1 Å². The number of aliphatic hydroxyl groups excluding tert-OH is 1. The third kappa shape index (κ3) is 3.29. The van der Waals surface area contributed by atoms with Gasteiger partial charge in [-0.25, -0.2) is 13.1 Å². The summed E-state index contributed by atoms with van der Waals surface area (Å²) in [6.45, 7) is -0.293. The normalized spacial score (nSPS) is 13.5. The van der Waals surface area contributed by atoms with Crippen molar-refractivity contribution in [3.8, 4) is 0 Å². The molecule has 0 spiro atoms. The molecule has 7 nitrogen and oxygen atoms in total. The summed E-state index contributed by atoms with van der Waals surface area (Å²) in [7, 11) is -2.06. The highest BCUT2D eigenvalue weighted by Crippen LogP contribution is 2.19. The monoisotopic (exact) mass is 334 g/mol. The van der Waals surface area contributed by atoms with Crippen molar-refractivity contribution in [1.29, 1.82) is 0 Å². The SMILES string of the molecule is Cn1cc(S(=O)(=O)N[C@H](CO)Cc2c[nH]c3ccccc23)cn1. The lowest BCUT2D eigenvalue weighted by Gasteiger charge is -2.15. The van der Waals surface area contributed by atoms with Crippen molar-refractivity contribution in [2.45, 2.75) is 17.4 Å². The highest BCUT2D eigenvalue weighted by Gasteiger charge is 2.22. The fraction of sp³-hybridized carbons (Fsp3) is 0.267. The maximum absolute atomic E-state index is 12.3. The molecule has 8 heteroatoms. The lowest BCUT2D eigenvalue weighted by Crippen LogP contribution is -2.38. The Hall–Kier alpha value is -2.16. The number of nitrogens with one attached hydrogen (secondary N) is 2.